The number of ether oxygens (including phenoxy) is 2. The lowest BCUT2D eigenvalue weighted by Crippen LogP contribution is -2.35. The van der Waals surface area contributed by atoms with Crippen molar-refractivity contribution < 1.29 is 9.47 Å². The second-order valence-electron chi connectivity index (χ2n) is 5.88. The fraction of sp³-hybridized carbons (Fsp3) is 0.625. The molecule has 106 valence electrons. The van der Waals surface area contributed by atoms with Gasteiger partial charge in [0.15, 0.2) is 11.5 Å². The third-order valence-electron chi connectivity index (χ3n) is 4.49. The largest absolute Gasteiger partial charge is 0.493 e. The van der Waals surface area contributed by atoms with Crippen molar-refractivity contribution in [2.75, 3.05) is 14.2 Å². The lowest BCUT2D eigenvalue weighted by molar-refractivity contribution is 0.344. The van der Waals surface area contributed by atoms with E-state index in [1.165, 1.54) is 18.4 Å². The van der Waals surface area contributed by atoms with Crippen molar-refractivity contribution in [3.05, 3.63) is 23.8 Å². The zero-order valence-corrected chi connectivity index (χ0v) is 12.6. The van der Waals surface area contributed by atoms with Crippen molar-refractivity contribution in [2.24, 2.45) is 5.41 Å². The Balaban J connectivity index is 2.08. The lowest BCUT2D eigenvalue weighted by Gasteiger charge is -2.25. The molecule has 3 heteroatoms. The summed E-state index contributed by atoms with van der Waals surface area (Å²) >= 11 is 0. The molecule has 1 aliphatic rings. The first-order valence-corrected chi connectivity index (χ1v) is 6.98. The Morgan fingerprint density at radius 3 is 2.26 bits per heavy atom. The normalized spacial score (nSPS) is 19.6. The molecule has 0 radical (unpaired) electrons. The highest BCUT2D eigenvalue weighted by molar-refractivity contribution is 5.43. The Hall–Kier alpha value is -1.22. The molecule has 0 bridgehead atoms. The van der Waals surface area contributed by atoms with E-state index in [1.54, 1.807) is 14.2 Å². The first-order valence-electron chi connectivity index (χ1n) is 6.98. The summed E-state index contributed by atoms with van der Waals surface area (Å²) in [4.78, 5) is 0. The molecule has 0 heterocycles. The van der Waals surface area contributed by atoms with Gasteiger partial charge in [-0.25, -0.2) is 0 Å². The van der Waals surface area contributed by atoms with E-state index in [2.05, 4.69) is 38.2 Å². The van der Waals surface area contributed by atoms with Crippen LogP contribution in [-0.4, -0.2) is 20.3 Å². The van der Waals surface area contributed by atoms with Crippen LogP contribution in [0, 0.1) is 5.41 Å². The second-order valence-corrected chi connectivity index (χ2v) is 5.88. The minimum absolute atomic E-state index is 0.312. The van der Waals surface area contributed by atoms with Crippen LogP contribution >= 0.6 is 0 Å². The summed E-state index contributed by atoms with van der Waals surface area (Å²) in [7, 11) is 3.34. The van der Waals surface area contributed by atoms with E-state index in [0.717, 1.165) is 11.5 Å². The summed E-state index contributed by atoms with van der Waals surface area (Å²) < 4.78 is 10.6. The molecule has 19 heavy (non-hydrogen) atoms. The Labute approximate surface area is 116 Å². The Bertz CT molecular complexity index is 440. The van der Waals surface area contributed by atoms with Crippen molar-refractivity contribution in [3.63, 3.8) is 0 Å². The topological polar surface area (TPSA) is 30.5 Å². The zero-order valence-electron chi connectivity index (χ0n) is 12.6. The van der Waals surface area contributed by atoms with Crippen LogP contribution in [0.4, 0.5) is 0 Å². The average molecular weight is 263 g/mol. The first-order chi connectivity index (χ1) is 9.00. The van der Waals surface area contributed by atoms with Gasteiger partial charge in [0.05, 0.1) is 14.2 Å². The maximum atomic E-state index is 5.36. The van der Waals surface area contributed by atoms with E-state index in [4.69, 9.17) is 9.47 Å². The Morgan fingerprint density at radius 1 is 1.11 bits per heavy atom. The van der Waals surface area contributed by atoms with Crippen LogP contribution in [0.5, 0.6) is 11.5 Å². The van der Waals surface area contributed by atoms with E-state index in [9.17, 15) is 0 Å². The van der Waals surface area contributed by atoms with E-state index < -0.39 is 0 Å². The molecule has 2 atom stereocenters. The molecular weight excluding hydrogens is 238 g/mol. The highest BCUT2D eigenvalue weighted by Gasteiger charge is 2.42. The summed E-state index contributed by atoms with van der Waals surface area (Å²) in [6.45, 7) is 6.83. The number of hydrogen-bond acceptors (Lipinski definition) is 3. The van der Waals surface area contributed by atoms with E-state index in [1.807, 2.05) is 6.07 Å². The third-order valence-corrected chi connectivity index (χ3v) is 4.49. The summed E-state index contributed by atoms with van der Waals surface area (Å²) in [5.74, 6) is 1.57. The van der Waals surface area contributed by atoms with Crippen LogP contribution in [0.1, 0.15) is 45.2 Å². The predicted octanol–water partition coefficient (Wildman–Crippen LogP) is 3.54. The van der Waals surface area contributed by atoms with Crippen LogP contribution in [0.2, 0.25) is 0 Å². The van der Waals surface area contributed by atoms with E-state index in [0.29, 0.717) is 17.5 Å². The van der Waals surface area contributed by atoms with Crippen molar-refractivity contribution in [3.8, 4) is 11.5 Å². The van der Waals surface area contributed by atoms with Gasteiger partial charge in [-0.05, 0) is 49.8 Å². The molecule has 0 aliphatic heterocycles. The molecule has 2 unspecified atom stereocenters. The number of nitrogens with one attached hydrogen (secondary N) is 1. The Kier molecular flexibility index (Phi) is 4.04. The number of methoxy groups -OCH3 is 2. The quantitative estimate of drug-likeness (QED) is 0.851. The molecule has 0 amide bonds. The van der Waals surface area contributed by atoms with Crippen molar-refractivity contribution in [1.29, 1.82) is 0 Å². The minimum atomic E-state index is 0.312. The highest BCUT2D eigenvalue weighted by atomic mass is 16.5. The van der Waals surface area contributed by atoms with Gasteiger partial charge in [0.1, 0.15) is 0 Å². The van der Waals surface area contributed by atoms with Gasteiger partial charge in [0, 0.05) is 12.1 Å². The summed E-state index contributed by atoms with van der Waals surface area (Å²) in [6, 6.07) is 6.97. The number of rotatable bonds is 6. The summed E-state index contributed by atoms with van der Waals surface area (Å²) in [6.07, 6.45) is 2.67. The third kappa shape index (κ3) is 3.03. The van der Waals surface area contributed by atoms with E-state index >= 15 is 0 Å². The van der Waals surface area contributed by atoms with E-state index in [-0.39, 0.29) is 0 Å². The molecule has 0 aromatic heterocycles. The van der Waals surface area contributed by atoms with Crippen LogP contribution in [0.25, 0.3) is 0 Å². The van der Waals surface area contributed by atoms with Gasteiger partial charge < -0.3 is 14.8 Å². The maximum absolute atomic E-state index is 5.36. The van der Waals surface area contributed by atoms with Gasteiger partial charge in [-0.15, -0.1) is 0 Å². The molecular formula is C16H25NO2. The van der Waals surface area contributed by atoms with Crippen LogP contribution in [-0.2, 0) is 0 Å². The fourth-order valence-electron chi connectivity index (χ4n) is 2.42. The molecule has 0 spiro atoms. The molecule has 1 N–H and O–H groups in total. The standard InChI is InChI=1S/C16H25NO2/c1-11(17-12(2)16(3)8-9-16)13-6-7-14(18-4)15(10-13)19-5/h6-7,10-12,17H,8-9H2,1-5H3. The fourth-order valence-corrected chi connectivity index (χ4v) is 2.42. The average Bonchev–Trinajstić information content (AvgIpc) is 3.17. The molecule has 2 rings (SSSR count). The molecule has 1 aromatic carbocycles. The highest BCUT2D eigenvalue weighted by Crippen LogP contribution is 2.48. The Morgan fingerprint density at radius 2 is 1.74 bits per heavy atom. The first kappa shape index (κ1) is 14.2. The molecule has 3 nitrogen and oxygen atoms in total. The summed E-state index contributed by atoms with van der Waals surface area (Å²) in [5.41, 5.74) is 1.72. The van der Waals surface area contributed by atoms with Gasteiger partial charge >= 0.3 is 0 Å². The molecule has 1 aliphatic carbocycles. The van der Waals surface area contributed by atoms with Crippen molar-refractivity contribution in [1.82, 2.24) is 5.32 Å². The van der Waals surface area contributed by atoms with Gasteiger partial charge in [-0.2, -0.15) is 0 Å². The molecule has 1 aromatic rings. The maximum Gasteiger partial charge on any atom is 0.161 e. The molecule has 1 fully saturated rings. The number of benzene rings is 1. The van der Waals surface area contributed by atoms with Crippen LogP contribution in [0.15, 0.2) is 18.2 Å². The van der Waals surface area contributed by atoms with Crippen molar-refractivity contribution in [2.45, 2.75) is 45.7 Å². The van der Waals surface area contributed by atoms with Crippen LogP contribution < -0.4 is 14.8 Å². The summed E-state index contributed by atoms with van der Waals surface area (Å²) in [5, 5.41) is 3.69. The molecule has 0 saturated heterocycles. The SMILES string of the molecule is COc1ccc(C(C)NC(C)C2(C)CC2)cc1OC. The second kappa shape index (κ2) is 5.41. The smallest absolute Gasteiger partial charge is 0.161 e. The van der Waals surface area contributed by atoms with Crippen LogP contribution in [0.3, 0.4) is 0 Å². The van der Waals surface area contributed by atoms with Gasteiger partial charge in [-0.3, -0.25) is 0 Å². The predicted molar refractivity (Wildman–Crippen MR) is 77.9 cm³/mol. The zero-order chi connectivity index (χ0) is 14.0. The van der Waals surface area contributed by atoms with Gasteiger partial charge in [-0.1, -0.05) is 13.0 Å². The molecule has 1 saturated carbocycles. The lowest BCUT2D eigenvalue weighted by atomic mass is 9.98. The monoisotopic (exact) mass is 263 g/mol. The number of hydrogen-bond donors (Lipinski definition) is 1. The van der Waals surface area contributed by atoms with Gasteiger partial charge in [0.25, 0.3) is 0 Å². The van der Waals surface area contributed by atoms with Gasteiger partial charge in [0.2, 0.25) is 0 Å². The minimum Gasteiger partial charge on any atom is -0.493 e. The van der Waals surface area contributed by atoms with Crippen molar-refractivity contribution >= 4 is 0 Å².